The Morgan fingerprint density at radius 3 is 2.28 bits per heavy atom. The van der Waals surface area contributed by atoms with E-state index in [2.05, 4.69) is 44.0 Å². The van der Waals surface area contributed by atoms with Gasteiger partial charge in [0.2, 0.25) is 6.23 Å². The van der Waals surface area contributed by atoms with Crippen LogP contribution in [-0.2, 0) is 0 Å². The number of fused-ring (bicyclic) bond motifs is 3. The topological polar surface area (TPSA) is 24.8 Å². The molecule has 0 fully saturated rings. The van der Waals surface area contributed by atoms with Crippen LogP contribution < -0.4 is 4.74 Å². The fraction of sp³-hybridized carbons (Fsp3) is 0.136. The van der Waals surface area contributed by atoms with Crippen molar-refractivity contribution < 1.29 is 4.74 Å². The van der Waals surface area contributed by atoms with Crippen LogP contribution in [0.15, 0.2) is 74.7 Å². The lowest BCUT2D eigenvalue weighted by Gasteiger charge is -2.38. The predicted molar refractivity (Wildman–Crippen MR) is 124 cm³/mol. The van der Waals surface area contributed by atoms with Crippen molar-refractivity contribution in [2.45, 2.75) is 18.7 Å². The van der Waals surface area contributed by atoms with E-state index in [-0.39, 0.29) is 12.3 Å². The highest BCUT2D eigenvalue weighted by atomic mass is 79.9. The van der Waals surface area contributed by atoms with Crippen molar-refractivity contribution in [1.82, 2.24) is 5.01 Å². The second-order valence-corrected chi connectivity index (χ2v) is 9.66. The lowest BCUT2D eigenvalue weighted by atomic mass is 9.96. The number of hydrogen-bond donors (Lipinski definition) is 0. The molecule has 0 radical (unpaired) electrons. The van der Waals surface area contributed by atoms with Crippen LogP contribution in [0.1, 0.15) is 35.4 Å². The molecule has 0 N–H and O–H groups in total. The van der Waals surface area contributed by atoms with Crippen LogP contribution in [0, 0.1) is 0 Å². The van der Waals surface area contributed by atoms with E-state index in [9.17, 15) is 0 Å². The van der Waals surface area contributed by atoms with E-state index in [0.717, 1.165) is 37.8 Å². The van der Waals surface area contributed by atoms with Gasteiger partial charge in [0.15, 0.2) is 0 Å². The lowest BCUT2D eigenvalue weighted by molar-refractivity contribution is -0.0189. The first kappa shape index (κ1) is 19.4. The highest BCUT2D eigenvalue weighted by Gasteiger charge is 2.42. The Morgan fingerprint density at radius 1 is 0.931 bits per heavy atom. The maximum absolute atomic E-state index is 6.51. The zero-order valence-electron chi connectivity index (χ0n) is 14.9. The van der Waals surface area contributed by atoms with E-state index in [1.54, 1.807) is 6.07 Å². The molecular formula is C22H14Br2Cl2N2O. The number of hydrogen-bond acceptors (Lipinski definition) is 3. The van der Waals surface area contributed by atoms with Crippen LogP contribution in [-0.4, -0.2) is 10.7 Å². The van der Waals surface area contributed by atoms with Crippen molar-refractivity contribution >= 4 is 60.8 Å². The summed E-state index contributed by atoms with van der Waals surface area (Å²) in [6, 6.07) is 19.9. The second-order valence-electron chi connectivity index (χ2n) is 6.98. The van der Waals surface area contributed by atoms with Gasteiger partial charge in [-0.1, -0.05) is 79.3 Å². The van der Waals surface area contributed by atoms with Gasteiger partial charge < -0.3 is 4.74 Å². The largest absolute Gasteiger partial charge is 0.463 e. The molecule has 146 valence electrons. The Labute approximate surface area is 195 Å². The lowest BCUT2D eigenvalue weighted by Crippen LogP contribution is -2.33. The van der Waals surface area contributed by atoms with Gasteiger partial charge in [-0.25, -0.2) is 5.01 Å². The summed E-state index contributed by atoms with van der Waals surface area (Å²) in [5.74, 6) is 0.678. The van der Waals surface area contributed by atoms with Gasteiger partial charge in [0.1, 0.15) is 5.75 Å². The van der Waals surface area contributed by atoms with E-state index >= 15 is 0 Å². The molecule has 7 heteroatoms. The molecule has 0 aromatic heterocycles. The number of hydrazone groups is 1. The van der Waals surface area contributed by atoms with Crippen LogP contribution in [0.3, 0.4) is 0 Å². The van der Waals surface area contributed by atoms with Crippen molar-refractivity contribution in [3.63, 3.8) is 0 Å². The smallest absolute Gasteiger partial charge is 0.213 e. The fourth-order valence-electron chi connectivity index (χ4n) is 3.78. The molecule has 3 aromatic rings. The summed E-state index contributed by atoms with van der Waals surface area (Å²) in [6.45, 7) is 0. The average Bonchev–Trinajstić information content (AvgIpc) is 3.14. The molecule has 5 rings (SSSR count). The Hall–Kier alpha value is -1.53. The zero-order valence-corrected chi connectivity index (χ0v) is 19.6. The maximum atomic E-state index is 6.51. The molecule has 0 unspecified atom stereocenters. The van der Waals surface area contributed by atoms with Crippen LogP contribution in [0.25, 0.3) is 0 Å². The van der Waals surface area contributed by atoms with Gasteiger partial charge in [-0.15, -0.1) is 0 Å². The molecule has 0 saturated carbocycles. The molecular weight excluding hydrogens is 539 g/mol. The van der Waals surface area contributed by atoms with E-state index < -0.39 is 0 Å². The highest BCUT2D eigenvalue weighted by molar-refractivity contribution is 9.10. The zero-order chi connectivity index (χ0) is 20.1. The number of halogens is 4. The summed E-state index contributed by atoms with van der Waals surface area (Å²) in [5.41, 5.74) is 4.08. The maximum Gasteiger partial charge on any atom is 0.213 e. The fourth-order valence-corrected chi connectivity index (χ4v) is 4.86. The Bertz CT molecular complexity index is 1120. The Morgan fingerprint density at radius 2 is 1.59 bits per heavy atom. The SMILES string of the molecule is Clc1cc(Cl)c2c(c1)[C@H]1CC(c3ccc(Br)cc3)=NN1[C@H](c1ccc(Br)cc1)O2. The van der Waals surface area contributed by atoms with Gasteiger partial charge >= 0.3 is 0 Å². The summed E-state index contributed by atoms with van der Waals surface area (Å²) in [7, 11) is 0. The predicted octanol–water partition coefficient (Wildman–Crippen LogP) is 7.76. The first-order chi connectivity index (χ1) is 14.0. The van der Waals surface area contributed by atoms with E-state index in [0.29, 0.717) is 15.8 Å². The molecule has 3 aromatic carbocycles. The van der Waals surface area contributed by atoms with E-state index in [1.807, 2.05) is 47.5 Å². The minimum Gasteiger partial charge on any atom is -0.463 e. The third-order valence-corrected chi connectivity index (χ3v) is 6.70. The molecule has 2 heterocycles. The van der Waals surface area contributed by atoms with Crippen LogP contribution in [0.5, 0.6) is 5.75 Å². The first-order valence-electron chi connectivity index (χ1n) is 9.02. The molecule has 2 aliphatic rings. The summed E-state index contributed by atoms with van der Waals surface area (Å²) in [4.78, 5) is 0. The average molecular weight is 553 g/mol. The van der Waals surface area contributed by atoms with Gasteiger partial charge in [0.05, 0.1) is 16.8 Å². The van der Waals surface area contributed by atoms with E-state index in [1.165, 1.54) is 0 Å². The molecule has 2 aliphatic heterocycles. The Balaban J connectivity index is 1.62. The minimum atomic E-state index is -0.368. The first-order valence-corrected chi connectivity index (χ1v) is 11.4. The van der Waals surface area contributed by atoms with Crippen LogP contribution in [0.2, 0.25) is 10.0 Å². The van der Waals surface area contributed by atoms with Crippen molar-refractivity contribution in [3.05, 3.63) is 96.3 Å². The van der Waals surface area contributed by atoms with E-state index in [4.69, 9.17) is 33.0 Å². The quantitative estimate of drug-likeness (QED) is 0.324. The molecule has 3 nitrogen and oxygen atoms in total. The molecule has 0 saturated heterocycles. The number of nitrogens with zero attached hydrogens (tertiary/aromatic N) is 2. The third kappa shape index (κ3) is 3.59. The third-order valence-electron chi connectivity index (χ3n) is 5.14. The number of benzene rings is 3. The van der Waals surface area contributed by atoms with Crippen molar-refractivity contribution in [1.29, 1.82) is 0 Å². The van der Waals surface area contributed by atoms with Crippen LogP contribution in [0.4, 0.5) is 0 Å². The monoisotopic (exact) mass is 550 g/mol. The van der Waals surface area contributed by atoms with Crippen molar-refractivity contribution in [2.75, 3.05) is 0 Å². The van der Waals surface area contributed by atoms with Gasteiger partial charge in [-0.2, -0.15) is 5.10 Å². The molecule has 29 heavy (non-hydrogen) atoms. The molecule has 2 atom stereocenters. The van der Waals surface area contributed by atoms with Gasteiger partial charge in [0, 0.05) is 31.5 Å². The second kappa shape index (κ2) is 7.62. The molecule has 0 bridgehead atoms. The molecule has 0 spiro atoms. The van der Waals surface area contributed by atoms with Crippen molar-refractivity contribution in [2.24, 2.45) is 5.10 Å². The highest BCUT2D eigenvalue weighted by Crippen LogP contribution is 2.50. The molecule has 0 aliphatic carbocycles. The summed E-state index contributed by atoms with van der Waals surface area (Å²) >= 11 is 19.8. The Kier molecular flexibility index (Phi) is 5.11. The van der Waals surface area contributed by atoms with Gasteiger partial charge in [0.25, 0.3) is 0 Å². The number of rotatable bonds is 2. The number of ether oxygens (including phenoxy) is 1. The van der Waals surface area contributed by atoms with Gasteiger partial charge in [-0.3, -0.25) is 0 Å². The summed E-state index contributed by atoms with van der Waals surface area (Å²) in [6.07, 6.45) is 0.383. The summed E-state index contributed by atoms with van der Waals surface area (Å²) in [5, 5.41) is 8.10. The standard InChI is InChI=1S/C22H14Br2Cl2N2O/c23-14-5-1-12(2-6-14)19-11-20-17-9-16(25)10-18(26)21(17)29-22(28(20)27-19)13-3-7-15(24)8-4-13/h1-10,20,22H,11H2/t20-,22+/m1/s1. The van der Waals surface area contributed by atoms with Gasteiger partial charge in [-0.05, 0) is 42.0 Å². The summed E-state index contributed by atoms with van der Waals surface area (Å²) < 4.78 is 8.42. The van der Waals surface area contributed by atoms with Crippen LogP contribution >= 0.6 is 55.1 Å². The molecule has 0 amide bonds. The van der Waals surface area contributed by atoms with Crippen molar-refractivity contribution in [3.8, 4) is 5.75 Å². The normalized spacial score (nSPS) is 20.0. The minimum absolute atomic E-state index is 0.00208.